The van der Waals surface area contributed by atoms with Crippen LogP contribution in [0.2, 0.25) is 0 Å². The molecule has 0 unspecified atom stereocenters. The number of nitrogens with one attached hydrogen (secondary N) is 1. The summed E-state index contributed by atoms with van der Waals surface area (Å²) in [5.41, 5.74) is 0. The highest BCUT2D eigenvalue weighted by molar-refractivity contribution is 4.73. The van der Waals surface area contributed by atoms with Crippen molar-refractivity contribution >= 4 is 0 Å². The second kappa shape index (κ2) is 11.7. The minimum absolute atomic E-state index is 1.04. The van der Waals surface area contributed by atoms with Gasteiger partial charge in [-0.2, -0.15) is 0 Å². The standard InChI is InChI=1S/C13H28N2/c1-4-11-15(12-5-2)13-9-7-8-10-14-6-3/h4,14H,1,5-13H2,2-3H3. The summed E-state index contributed by atoms with van der Waals surface area (Å²) in [4.78, 5) is 2.49. The molecule has 0 saturated carbocycles. The zero-order valence-electron chi connectivity index (χ0n) is 10.6. The van der Waals surface area contributed by atoms with Gasteiger partial charge in [0.2, 0.25) is 0 Å². The molecule has 2 heteroatoms. The lowest BCUT2D eigenvalue weighted by Gasteiger charge is -2.19. The molecular formula is C13H28N2. The Hall–Kier alpha value is -0.340. The largest absolute Gasteiger partial charge is 0.317 e. The lowest BCUT2D eigenvalue weighted by molar-refractivity contribution is 0.295. The Kier molecular flexibility index (Phi) is 11.5. The molecule has 0 amide bonds. The number of hydrogen-bond donors (Lipinski definition) is 1. The predicted octanol–water partition coefficient (Wildman–Crippen LogP) is 2.66. The van der Waals surface area contributed by atoms with Crippen LogP contribution in [0.4, 0.5) is 0 Å². The summed E-state index contributed by atoms with van der Waals surface area (Å²) in [5.74, 6) is 0. The summed E-state index contributed by atoms with van der Waals surface area (Å²) in [5, 5.41) is 3.36. The summed E-state index contributed by atoms with van der Waals surface area (Å²) in [6.07, 6.45) is 7.21. The van der Waals surface area contributed by atoms with E-state index in [-0.39, 0.29) is 0 Å². The van der Waals surface area contributed by atoms with E-state index in [1.165, 1.54) is 45.3 Å². The Morgan fingerprint density at radius 3 is 2.53 bits per heavy atom. The Balaban J connectivity index is 3.32. The van der Waals surface area contributed by atoms with Crippen LogP contribution in [-0.2, 0) is 0 Å². The van der Waals surface area contributed by atoms with E-state index < -0.39 is 0 Å². The third-order valence-corrected chi connectivity index (χ3v) is 2.51. The van der Waals surface area contributed by atoms with E-state index in [0.29, 0.717) is 0 Å². The quantitative estimate of drug-likeness (QED) is 0.418. The monoisotopic (exact) mass is 212 g/mol. The Bertz CT molecular complexity index is 134. The van der Waals surface area contributed by atoms with Crippen molar-refractivity contribution in [3.8, 4) is 0 Å². The van der Waals surface area contributed by atoms with Crippen molar-refractivity contribution in [3.63, 3.8) is 0 Å². The molecule has 0 rings (SSSR count). The highest BCUT2D eigenvalue weighted by Crippen LogP contribution is 1.99. The van der Waals surface area contributed by atoms with Gasteiger partial charge in [-0.25, -0.2) is 0 Å². The fourth-order valence-electron chi connectivity index (χ4n) is 1.73. The van der Waals surface area contributed by atoms with Crippen LogP contribution < -0.4 is 5.32 Å². The SMILES string of the molecule is C=CCN(CCC)CCCCCNCC. The number of rotatable bonds is 11. The highest BCUT2D eigenvalue weighted by atomic mass is 15.1. The van der Waals surface area contributed by atoms with E-state index in [1.54, 1.807) is 0 Å². The molecule has 0 aliphatic carbocycles. The van der Waals surface area contributed by atoms with Gasteiger partial charge in [-0.05, 0) is 45.4 Å². The van der Waals surface area contributed by atoms with Gasteiger partial charge in [0, 0.05) is 6.54 Å². The van der Waals surface area contributed by atoms with Crippen LogP contribution in [0.15, 0.2) is 12.7 Å². The van der Waals surface area contributed by atoms with Crippen LogP contribution in [-0.4, -0.2) is 37.6 Å². The molecule has 0 fully saturated rings. The summed E-state index contributed by atoms with van der Waals surface area (Å²) < 4.78 is 0. The molecule has 0 radical (unpaired) electrons. The van der Waals surface area contributed by atoms with Crippen molar-refractivity contribution in [2.75, 3.05) is 32.7 Å². The molecule has 1 N–H and O–H groups in total. The molecule has 0 spiro atoms. The molecule has 0 heterocycles. The van der Waals surface area contributed by atoms with Gasteiger partial charge in [-0.1, -0.05) is 26.3 Å². The normalized spacial score (nSPS) is 10.9. The van der Waals surface area contributed by atoms with Crippen molar-refractivity contribution in [3.05, 3.63) is 12.7 Å². The molecule has 0 aromatic carbocycles. The summed E-state index contributed by atoms with van der Waals surface area (Å²) in [6, 6.07) is 0. The van der Waals surface area contributed by atoms with Crippen LogP contribution in [0, 0.1) is 0 Å². The van der Waals surface area contributed by atoms with E-state index in [9.17, 15) is 0 Å². The maximum Gasteiger partial charge on any atom is 0.0160 e. The molecule has 0 bridgehead atoms. The van der Waals surface area contributed by atoms with E-state index in [4.69, 9.17) is 0 Å². The van der Waals surface area contributed by atoms with Gasteiger partial charge < -0.3 is 5.32 Å². The fraction of sp³-hybridized carbons (Fsp3) is 0.846. The second-order valence-electron chi connectivity index (χ2n) is 4.00. The first-order valence-corrected chi connectivity index (χ1v) is 6.39. The van der Waals surface area contributed by atoms with Gasteiger partial charge in [-0.15, -0.1) is 6.58 Å². The summed E-state index contributed by atoms with van der Waals surface area (Å²) >= 11 is 0. The lowest BCUT2D eigenvalue weighted by Crippen LogP contribution is -2.26. The number of nitrogens with zero attached hydrogens (tertiary/aromatic N) is 1. The van der Waals surface area contributed by atoms with Gasteiger partial charge in [0.05, 0.1) is 0 Å². The first-order valence-electron chi connectivity index (χ1n) is 6.39. The average Bonchev–Trinajstić information content (AvgIpc) is 2.24. The van der Waals surface area contributed by atoms with E-state index >= 15 is 0 Å². The van der Waals surface area contributed by atoms with Gasteiger partial charge in [-0.3, -0.25) is 4.90 Å². The molecule has 0 aromatic rings. The summed E-state index contributed by atoms with van der Waals surface area (Å²) in [7, 11) is 0. The van der Waals surface area contributed by atoms with E-state index in [0.717, 1.165) is 13.1 Å². The predicted molar refractivity (Wildman–Crippen MR) is 69.3 cm³/mol. The van der Waals surface area contributed by atoms with Gasteiger partial charge in [0.15, 0.2) is 0 Å². The van der Waals surface area contributed by atoms with Crippen LogP contribution in [0.3, 0.4) is 0 Å². The molecule has 90 valence electrons. The molecule has 0 aromatic heterocycles. The zero-order chi connectivity index (χ0) is 11.4. The molecule has 0 aliphatic rings. The van der Waals surface area contributed by atoms with Crippen molar-refractivity contribution in [2.45, 2.75) is 39.5 Å². The molecule has 0 aliphatic heterocycles. The Morgan fingerprint density at radius 1 is 1.13 bits per heavy atom. The Morgan fingerprint density at radius 2 is 1.93 bits per heavy atom. The van der Waals surface area contributed by atoms with Gasteiger partial charge in [0.25, 0.3) is 0 Å². The van der Waals surface area contributed by atoms with Crippen molar-refractivity contribution in [1.29, 1.82) is 0 Å². The highest BCUT2D eigenvalue weighted by Gasteiger charge is 2.00. The van der Waals surface area contributed by atoms with E-state index in [1.807, 2.05) is 6.08 Å². The number of hydrogen-bond acceptors (Lipinski definition) is 2. The average molecular weight is 212 g/mol. The molecule has 0 saturated heterocycles. The van der Waals surface area contributed by atoms with Crippen LogP contribution >= 0.6 is 0 Å². The molecular weight excluding hydrogens is 184 g/mol. The number of unbranched alkanes of at least 4 members (excludes halogenated alkanes) is 2. The lowest BCUT2D eigenvalue weighted by atomic mass is 10.2. The van der Waals surface area contributed by atoms with Crippen LogP contribution in [0.25, 0.3) is 0 Å². The minimum Gasteiger partial charge on any atom is -0.317 e. The maximum absolute atomic E-state index is 3.80. The zero-order valence-corrected chi connectivity index (χ0v) is 10.6. The van der Waals surface area contributed by atoms with Gasteiger partial charge in [0.1, 0.15) is 0 Å². The second-order valence-corrected chi connectivity index (χ2v) is 4.00. The van der Waals surface area contributed by atoms with Crippen LogP contribution in [0.5, 0.6) is 0 Å². The van der Waals surface area contributed by atoms with Crippen molar-refractivity contribution in [1.82, 2.24) is 10.2 Å². The fourth-order valence-corrected chi connectivity index (χ4v) is 1.73. The third-order valence-electron chi connectivity index (χ3n) is 2.51. The van der Waals surface area contributed by atoms with Crippen molar-refractivity contribution in [2.24, 2.45) is 0 Å². The first kappa shape index (κ1) is 14.7. The smallest absolute Gasteiger partial charge is 0.0160 e. The van der Waals surface area contributed by atoms with Crippen LogP contribution in [0.1, 0.15) is 39.5 Å². The molecule has 2 nitrogen and oxygen atoms in total. The maximum atomic E-state index is 3.80. The third kappa shape index (κ3) is 9.95. The topological polar surface area (TPSA) is 15.3 Å². The molecule has 0 atom stereocenters. The molecule has 15 heavy (non-hydrogen) atoms. The van der Waals surface area contributed by atoms with Gasteiger partial charge >= 0.3 is 0 Å². The summed E-state index contributed by atoms with van der Waals surface area (Å²) in [6.45, 7) is 13.9. The van der Waals surface area contributed by atoms with Crippen molar-refractivity contribution < 1.29 is 0 Å². The minimum atomic E-state index is 1.04. The Labute approximate surface area is 95.7 Å². The first-order chi connectivity index (χ1) is 7.35. The van der Waals surface area contributed by atoms with E-state index in [2.05, 4.69) is 30.6 Å².